The van der Waals surface area contributed by atoms with Gasteiger partial charge in [0.2, 0.25) is 0 Å². The van der Waals surface area contributed by atoms with Crippen molar-refractivity contribution in [2.45, 2.75) is 12.2 Å². The summed E-state index contributed by atoms with van der Waals surface area (Å²) in [6.45, 7) is 0. The van der Waals surface area contributed by atoms with Crippen LogP contribution >= 0.6 is 0 Å². The Morgan fingerprint density at radius 1 is 1.00 bits per heavy atom. The Morgan fingerprint density at radius 2 is 1.31 bits per heavy atom. The molecule has 0 bridgehead atoms. The maximum absolute atomic E-state index is 10.6. The summed E-state index contributed by atoms with van der Waals surface area (Å²) >= 11 is 0. The third-order valence-electron chi connectivity index (χ3n) is 1.25. The highest BCUT2D eigenvalue weighted by atomic mass is 28.4. The highest BCUT2D eigenvalue weighted by molar-refractivity contribution is 6.55. The van der Waals surface area contributed by atoms with Gasteiger partial charge in [-0.05, 0) is 0 Å². The number of carbonyl (C=O) groups is 2. The van der Waals surface area contributed by atoms with Crippen molar-refractivity contribution in [1.82, 2.24) is 0 Å². The molecule has 0 amide bonds. The largest absolute Gasteiger partial charge is 0.819 e. The van der Waals surface area contributed by atoms with Gasteiger partial charge in [0.05, 0.1) is 0 Å². The molecule has 0 aromatic rings. The number of hydrogen-bond donors (Lipinski definition) is 4. The van der Waals surface area contributed by atoms with Gasteiger partial charge >= 0.3 is 21.0 Å². The minimum absolute atomic E-state index is 1.52. The maximum Gasteiger partial charge on any atom is 0.819 e. The number of aliphatic hydroxyl groups excluding tert-OH is 2. The molecular weight excluding hydrogens is 204 g/mol. The molecule has 1 rings (SSSR count). The van der Waals surface area contributed by atoms with Crippen LogP contribution in [0.3, 0.4) is 0 Å². The zero-order valence-electron chi connectivity index (χ0n) is 6.08. The predicted octanol–water partition coefficient (Wildman–Crippen LogP) is -3.77. The van der Waals surface area contributed by atoms with E-state index >= 15 is 0 Å². The first kappa shape index (κ1) is 10.1. The van der Waals surface area contributed by atoms with Crippen LogP contribution in [0, 0.1) is 0 Å². The number of rotatable bonds is 0. The van der Waals surface area contributed by atoms with E-state index in [9.17, 15) is 9.59 Å². The first-order chi connectivity index (χ1) is 5.83. The molecule has 2 atom stereocenters. The smallest absolute Gasteiger partial charge is 0.440 e. The quantitative estimate of drug-likeness (QED) is 0.299. The molecule has 0 saturated carbocycles. The molecule has 4 N–H and O–H groups in total. The van der Waals surface area contributed by atoms with Gasteiger partial charge in [-0.2, -0.15) is 0 Å². The second kappa shape index (κ2) is 3.05. The fraction of sp³-hybridized carbons (Fsp3) is 0.500. The van der Waals surface area contributed by atoms with Crippen molar-refractivity contribution in [3.05, 3.63) is 0 Å². The summed E-state index contributed by atoms with van der Waals surface area (Å²) in [4.78, 5) is 38.7. The molecule has 9 heteroatoms. The van der Waals surface area contributed by atoms with Gasteiger partial charge in [0.15, 0.2) is 12.2 Å². The SMILES string of the molecule is O=C1O[Si](O)(O)OC(=O)C(O)C1O. The molecule has 1 saturated heterocycles. The molecule has 0 aromatic carbocycles. The highest BCUT2D eigenvalue weighted by Crippen LogP contribution is 2.11. The zero-order chi connectivity index (χ0) is 10.2. The van der Waals surface area contributed by atoms with Gasteiger partial charge in [0.1, 0.15) is 0 Å². The fourth-order valence-corrected chi connectivity index (χ4v) is 1.47. The van der Waals surface area contributed by atoms with Gasteiger partial charge in [-0.25, -0.2) is 0 Å². The highest BCUT2D eigenvalue weighted by Gasteiger charge is 2.53. The van der Waals surface area contributed by atoms with E-state index in [1.807, 2.05) is 0 Å². The van der Waals surface area contributed by atoms with Crippen LogP contribution in [0.15, 0.2) is 0 Å². The summed E-state index contributed by atoms with van der Waals surface area (Å²) in [6.07, 6.45) is -4.33. The van der Waals surface area contributed by atoms with E-state index in [0.29, 0.717) is 0 Å². The Morgan fingerprint density at radius 3 is 1.62 bits per heavy atom. The monoisotopic (exact) mass is 210 g/mol. The van der Waals surface area contributed by atoms with Gasteiger partial charge in [-0.1, -0.05) is 0 Å². The van der Waals surface area contributed by atoms with E-state index in [-0.39, 0.29) is 0 Å². The van der Waals surface area contributed by atoms with Crippen molar-refractivity contribution >= 4 is 21.0 Å². The van der Waals surface area contributed by atoms with Crippen LogP contribution in [0.1, 0.15) is 0 Å². The summed E-state index contributed by atoms with van der Waals surface area (Å²) in [6, 6.07) is 0. The fourth-order valence-electron chi connectivity index (χ4n) is 0.661. The van der Waals surface area contributed by atoms with Crippen molar-refractivity contribution in [3.63, 3.8) is 0 Å². The number of hydrogen-bond acceptors (Lipinski definition) is 8. The summed E-state index contributed by atoms with van der Waals surface area (Å²) < 4.78 is 7.62. The average molecular weight is 210 g/mol. The molecule has 0 aliphatic carbocycles. The third-order valence-corrected chi connectivity index (χ3v) is 2.18. The molecule has 0 aromatic heterocycles. The van der Waals surface area contributed by atoms with Crippen molar-refractivity contribution in [2.24, 2.45) is 0 Å². The Balaban J connectivity index is 2.92. The number of carbonyl (C=O) groups excluding carboxylic acids is 2. The van der Waals surface area contributed by atoms with Crippen LogP contribution in [0.2, 0.25) is 0 Å². The molecule has 13 heavy (non-hydrogen) atoms. The standard InChI is InChI=1S/C4H6O8Si/c5-1-2(6)4(8)12-13(9,10)11-3(1)7/h1-2,5-6,9-10H. The molecule has 74 valence electrons. The third kappa shape index (κ3) is 2.02. The lowest BCUT2D eigenvalue weighted by Gasteiger charge is -2.11. The van der Waals surface area contributed by atoms with Crippen LogP contribution < -0.4 is 0 Å². The Labute approximate surface area is 72.4 Å². The minimum Gasteiger partial charge on any atom is -0.440 e. The number of aliphatic hydroxyl groups is 2. The lowest BCUT2D eigenvalue weighted by atomic mass is 10.2. The molecule has 1 aliphatic rings. The van der Waals surface area contributed by atoms with Crippen LogP contribution in [0.4, 0.5) is 0 Å². The Kier molecular flexibility index (Phi) is 2.36. The molecule has 1 heterocycles. The zero-order valence-corrected chi connectivity index (χ0v) is 7.08. The van der Waals surface area contributed by atoms with Gasteiger partial charge in [-0.15, -0.1) is 0 Å². The van der Waals surface area contributed by atoms with Crippen molar-refractivity contribution in [1.29, 1.82) is 0 Å². The lowest BCUT2D eigenvalue weighted by Crippen LogP contribution is -2.45. The summed E-state index contributed by atoms with van der Waals surface area (Å²) in [5, 5.41) is 17.6. The van der Waals surface area contributed by atoms with Gasteiger partial charge < -0.3 is 28.7 Å². The van der Waals surface area contributed by atoms with Crippen LogP contribution in [0.25, 0.3) is 0 Å². The van der Waals surface area contributed by atoms with Crippen LogP contribution in [0.5, 0.6) is 0 Å². The summed E-state index contributed by atoms with van der Waals surface area (Å²) in [7, 11) is -4.87. The van der Waals surface area contributed by atoms with E-state index in [1.165, 1.54) is 0 Å². The topological polar surface area (TPSA) is 134 Å². The Bertz CT molecular complexity index is 225. The average Bonchev–Trinajstić information content (AvgIpc) is 2.03. The molecular formula is C4H6O8Si. The summed E-state index contributed by atoms with van der Waals surface area (Å²) in [5.74, 6) is -3.04. The molecule has 2 unspecified atom stereocenters. The van der Waals surface area contributed by atoms with E-state index in [0.717, 1.165) is 0 Å². The first-order valence-corrected chi connectivity index (χ1v) is 4.81. The van der Waals surface area contributed by atoms with E-state index in [1.54, 1.807) is 0 Å². The minimum atomic E-state index is -4.87. The first-order valence-electron chi connectivity index (χ1n) is 3.10. The molecule has 1 fully saturated rings. The maximum atomic E-state index is 10.6. The molecule has 0 radical (unpaired) electrons. The predicted molar refractivity (Wildman–Crippen MR) is 34.4 cm³/mol. The normalized spacial score (nSPS) is 33.2. The second-order valence-corrected chi connectivity index (χ2v) is 3.79. The lowest BCUT2D eigenvalue weighted by molar-refractivity contribution is -0.156. The van der Waals surface area contributed by atoms with E-state index in [4.69, 9.17) is 19.8 Å². The summed E-state index contributed by atoms with van der Waals surface area (Å²) in [5.41, 5.74) is 0. The van der Waals surface area contributed by atoms with E-state index in [2.05, 4.69) is 8.85 Å². The molecule has 0 spiro atoms. The van der Waals surface area contributed by atoms with Crippen molar-refractivity contribution in [2.75, 3.05) is 0 Å². The van der Waals surface area contributed by atoms with E-state index < -0.39 is 33.2 Å². The van der Waals surface area contributed by atoms with Crippen LogP contribution in [-0.2, 0) is 18.4 Å². The van der Waals surface area contributed by atoms with Gasteiger partial charge in [-0.3, -0.25) is 9.59 Å². The van der Waals surface area contributed by atoms with Crippen LogP contribution in [-0.4, -0.2) is 53.0 Å². The van der Waals surface area contributed by atoms with Crippen molar-refractivity contribution < 1.29 is 38.2 Å². The van der Waals surface area contributed by atoms with Gasteiger partial charge in [0, 0.05) is 0 Å². The Hall–Kier alpha value is -1.00. The van der Waals surface area contributed by atoms with Crippen molar-refractivity contribution in [3.8, 4) is 0 Å². The molecule has 8 nitrogen and oxygen atoms in total. The molecule has 1 aliphatic heterocycles. The second-order valence-electron chi connectivity index (χ2n) is 2.28. The van der Waals surface area contributed by atoms with Gasteiger partial charge in [0.25, 0.3) is 0 Å².